The van der Waals surface area contributed by atoms with E-state index in [0.29, 0.717) is 6.42 Å². The fourth-order valence-corrected chi connectivity index (χ4v) is 1.48. The second kappa shape index (κ2) is 4.97. The largest absolute Gasteiger partial charge is 0.479 e. The number of carbonyl (C=O) groups excluding carboxylic acids is 1. The topological polar surface area (TPSA) is 76.1 Å². The minimum absolute atomic E-state index is 0.231. The van der Waals surface area contributed by atoms with Crippen LogP contribution < -0.4 is 0 Å². The van der Waals surface area contributed by atoms with Crippen molar-refractivity contribution < 1.29 is 24.2 Å². The van der Waals surface area contributed by atoms with Crippen LogP contribution in [0.3, 0.4) is 0 Å². The maximum absolute atomic E-state index is 11.3. The van der Waals surface area contributed by atoms with Gasteiger partial charge in [-0.1, -0.05) is 30.3 Å². The van der Waals surface area contributed by atoms with Crippen molar-refractivity contribution in [1.29, 1.82) is 0 Å². The number of hydrogen-bond donors (Lipinski definition) is 1. The molecule has 17 heavy (non-hydrogen) atoms. The van der Waals surface area contributed by atoms with Crippen molar-refractivity contribution in [1.82, 2.24) is 0 Å². The third-order valence-electron chi connectivity index (χ3n) is 2.45. The van der Waals surface area contributed by atoms with Gasteiger partial charge in [-0.15, -0.1) is 0 Å². The molecule has 0 saturated carbocycles. The Morgan fingerprint density at radius 3 is 2.53 bits per heavy atom. The highest BCUT2D eigenvalue weighted by atomic mass is 16.7. The molecule has 90 valence electrons. The van der Waals surface area contributed by atoms with E-state index in [1.165, 1.54) is 0 Å². The van der Waals surface area contributed by atoms with E-state index in [1.807, 2.05) is 30.3 Å². The molecule has 0 bridgehead atoms. The van der Waals surface area contributed by atoms with E-state index in [-0.39, 0.29) is 6.61 Å². The number of carboxylic acid groups (broad SMARTS) is 1. The van der Waals surface area contributed by atoms with Gasteiger partial charge in [-0.2, -0.15) is 0 Å². The molecule has 5 nitrogen and oxygen atoms in total. The van der Waals surface area contributed by atoms with E-state index >= 15 is 0 Å². The number of carbonyl (C=O) groups is 2. The van der Waals surface area contributed by atoms with Gasteiger partial charge in [0.05, 0.1) is 6.61 Å². The third kappa shape index (κ3) is 3.04. The summed E-state index contributed by atoms with van der Waals surface area (Å²) in [4.78, 5) is 21.7. The highest BCUT2D eigenvalue weighted by Crippen LogP contribution is 2.23. The zero-order chi connectivity index (χ0) is 12.3. The first kappa shape index (κ1) is 11.6. The molecule has 0 spiro atoms. The lowest BCUT2D eigenvalue weighted by atomic mass is 10.2. The summed E-state index contributed by atoms with van der Waals surface area (Å²) in [7, 11) is 0. The average Bonchev–Trinajstić information content (AvgIpc) is 3.10. The molecule has 0 amide bonds. The van der Waals surface area contributed by atoms with E-state index in [0.717, 1.165) is 5.56 Å². The summed E-state index contributed by atoms with van der Waals surface area (Å²) < 4.78 is 9.59. The second-order valence-electron chi connectivity index (χ2n) is 3.72. The van der Waals surface area contributed by atoms with Gasteiger partial charge < -0.3 is 14.6 Å². The van der Waals surface area contributed by atoms with E-state index in [9.17, 15) is 9.59 Å². The molecule has 1 aromatic carbocycles. The predicted octanol–water partition coefficient (Wildman–Crippen LogP) is 0.624. The summed E-state index contributed by atoms with van der Waals surface area (Å²) in [5.74, 6) is -1.73. The summed E-state index contributed by atoms with van der Waals surface area (Å²) in [6.45, 7) is 0.231. The molecule has 1 saturated heterocycles. The smallest absolute Gasteiger partial charge is 0.338 e. The van der Waals surface area contributed by atoms with Crippen molar-refractivity contribution in [3.05, 3.63) is 35.9 Å². The Morgan fingerprint density at radius 1 is 1.24 bits per heavy atom. The van der Waals surface area contributed by atoms with Gasteiger partial charge in [0.15, 0.2) is 12.2 Å². The molecule has 0 unspecified atom stereocenters. The Kier molecular flexibility index (Phi) is 3.39. The predicted molar refractivity (Wildman–Crippen MR) is 57.4 cm³/mol. The van der Waals surface area contributed by atoms with E-state index < -0.39 is 24.1 Å². The molecule has 1 aromatic rings. The van der Waals surface area contributed by atoms with Crippen molar-refractivity contribution in [2.24, 2.45) is 0 Å². The summed E-state index contributed by atoms with van der Waals surface area (Å²) in [5, 5.41) is 8.54. The maximum atomic E-state index is 11.3. The molecule has 5 heteroatoms. The highest BCUT2D eigenvalue weighted by Gasteiger charge is 2.51. The monoisotopic (exact) mass is 236 g/mol. The molecule has 1 N–H and O–H groups in total. The molecular weight excluding hydrogens is 224 g/mol. The Balaban J connectivity index is 1.70. The van der Waals surface area contributed by atoms with Crippen LogP contribution in [0.25, 0.3) is 0 Å². The maximum Gasteiger partial charge on any atom is 0.338 e. The molecule has 0 radical (unpaired) electrons. The van der Waals surface area contributed by atoms with Crippen LogP contribution in [0.2, 0.25) is 0 Å². The third-order valence-corrected chi connectivity index (χ3v) is 2.45. The van der Waals surface area contributed by atoms with Crippen LogP contribution in [-0.2, 0) is 25.5 Å². The fourth-order valence-electron chi connectivity index (χ4n) is 1.48. The Hall–Kier alpha value is -1.88. The van der Waals surface area contributed by atoms with Crippen molar-refractivity contribution in [3.63, 3.8) is 0 Å². The fraction of sp³-hybridized carbons (Fsp3) is 0.333. The summed E-state index contributed by atoms with van der Waals surface area (Å²) in [5.41, 5.74) is 1.06. The zero-order valence-electron chi connectivity index (χ0n) is 9.04. The first-order valence-electron chi connectivity index (χ1n) is 5.27. The molecule has 1 aliphatic heterocycles. The lowest BCUT2D eigenvalue weighted by molar-refractivity contribution is -0.145. The van der Waals surface area contributed by atoms with Gasteiger partial charge in [-0.05, 0) is 5.56 Å². The number of carboxylic acids is 1. The Morgan fingerprint density at radius 2 is 1.94 bits per heavy atom. The SMILES string of the molecule is O=C(O)[C@H]1O[C@H]1C(=O)OCCc1ccccc1. The van der Waals surface area contributed by atoms with Gasteiger partial charge in [0, 0.05) is 6.42 Å². The number of hydrogen-bond acceptors (Lipinski definition) is 4. The zero-order valence-corrected chi connectivity index (χ0v) is 9.04. The van der Waals surface area contributed by atoms with Crippen molar-refractivity contribution in [2.45, 2.75) is 18.6 Å². The van der Waals surface area contributed by atoms with Crippen molar-refractivity contribution in [3.8, 4) is 0 Å². The van der Waals surface area contributed by atoms with E-state index in [4.69, 9.17) is 9.84 Å². The molecule has 2 rings (SSSR count). The summed E-state index contributed by atoms with van der Waals surface area (Å²) in [6.07, 6.45) is -1.35. The number of aliphatic carboxylic acids is 1. The van der Waals surface area contributed by atoms with Gasteiger partial charge >= 0.3 is 11.9 Å². The standard InChI is InChI=1S/C12H12O5/c13-11(14)9-10(17-9)12(15)16-7-6-8-4-2-1-3-5-8/h1-5,9-10H,6-7H2,(H,13,14)/t9-,10+/m0/s1. The van der Waals surface area contributed by atoms with Crippen LogP contribution in [0, 0.1) is 0 Å². The molecule has 1 fully saturated rings. The summed E-state index contributed by atoms with van der Waals surface area (Å²) in [6, 6.07) is 9.58. The van der Waals surface area contributed by atoms with Crippen LogP contribution in [-0.4, -0.2) is 35.9 Å². The van der Waals surface area contributed by atoms with Gasteiger partial charge in [0.2, 0.25) is 0 Å². The molecule has 0 aliphatic carbocycles. The van der Waals surface area contributed by atoms with Gasteiger partial charge in [-0.3, -0.25) is 0 Å². The van der Waals surface area contributed by atoms with Crippen LogP contribution in [0.1, 0.15) is 5.56 Å². The van der Waals surface area contributed by atoms with Crippen molar-refractivity contribution in [2.75, 3.05) is 6.61 Å². The van der Waals surface area contributed by atoms with Gasteiger partial charge in [0.25, 0.3) is 0 Å². The average molecular weight is 236 g/mol. The minimum atomic E-state index is -1.13. The molecular formula is C12H12O5. The molecule has 1 aliphatic rings. The van der Waals surface area contributed by atoms with Crippen LogP contribution in [0.5, 0.6) is 0 Å². The van der Waals surface area contributed by atoms with Gasteiger partial charge in [-0.25, -0.2) is 9.59 Å². The first-order valence-corrected chi connectivity index (χ1v) is 5.27. The quantitative estimate of drug-likeness (QED) is 0.599. The van der Waals surface area contributed by atoms with E-state index in [1.54, 1.807) is 0 Å². The number of epoxide rings is 1. The number of rotatable bonds is 5. The number of benzene rings is 1. The van der Waals surface area contributed by atoms with E-state index in [2.05, 4.69) is 4.74 Å². The number of esters is 1. The second-order valence-corrected chi connectivity index (χ2v) is 3.72. The molecule has 1 heterocycles. The number of ether oxygens (including phenoxy) is 2. The highest BCUT2D eigenvalue weighted by molar-refractivity contribution is 5.88. The minimum Gasteiger partial charge on any atom is -0.479 e. The van der Waals surface area contributed by atoms with Gasteiger partial charge in [0.1, 0.15) is 0 Å². The lowest BCUT2D eigenvalue weighted by Crippen LogP contribution is -2.19. The normalized spacial score (nSPS) is 21.9. The summed E-state index contributed by atoms with van der Waals surface area (Å²) >= 11 is 0. The first-order chi connectivity index (χ1) is 8.18. The van der Waals surface area contributed by atoms with Crippen LogP contribution in [0.4, 0.5) is 0 Å². The molecule has 0 aromatic heterocycles. The van der Waals surface area contributed by atoms with Crippen LogP contribution in [0.15, 0.2) is 30.3 Å². The van der Waals surface area contributed by atoms with Crippen molar-refractivity contribution >= 4 is 11.9 Å². The van der Waals surface area contributed by atoms with Crippen LogP contribution >= 0.6 is 0 Å². The Labute approximate surface area is 98.0 Å². The molecule has 2 atom stereocenters. The lowest BCUT2D eigenvalue weighted by Gasteiger charge is -2.02. The Bertz CT molecular complexity index is 414.